The van der Waals surface area contributed by atoms with Gasteiger partial charge in [0.1, 0.15) is 0 Å². The molecule has 404 valence electrons. The Kier molecular flexibility index (Phi) is 14.5. The van der Waals surface area contributed by atoms with Crippen LogP contribution in [0.4, 0.5) is 34.1 Å². The van der Waals surface area contributed by atoms with Crippen LogP contribution >= 0.6 is 0 Å². The molecule has 0 aromatic heterocycles. The van der Waals surface area contributed by atoms with E-state index in [2.05, 4.69) is 128 Å². The molecule has 6 aromatic carbocycles. The van der Waals surface area contributed by atoms with Gasteiger partial charge in [-0.3, -0.25) is 0 Å². The first-order chi connectivity index (χ1) is 38.4. The molecule has 0 saturated heterocycles. The lowest BCUT2D eigenvalue weighted by Gasteiger charge is -2.45. The summed E-state index contributed by atoms with van der Waals surface area (Å²) in [6.07, 6.45) is 40.5. The molecule has 6 aliphatic carbocycles. The molecule has 0 bridgehead atoms. The maximum atomic E-state index is 2.89. The van der Waals surface area contributed by atoms with Gasteiger partial charge in [-0.1, -0.05) is 170 Å². The molecule has 8 aliphatic rings. The molecule has 6 fully saturated rings. The lowest BCUT2D eigenvalue weighted by Crippen LogP contribution is -2.61. The number of nitrogens with zero attached hydrogens (tertiary/aromatic N) is 2. The zero-order chi connectivity index (χ0) is 52.3. The minimum absolute atomic E-state index is 0.126. The first-order valence-corrected chi connectivity index (χ1v) is 32.8. The Labute approximate surface area is 471 Å². The van der Waals surface area contributed by atoms with Gasteiger partial charge in [0.2, 0.25) is 0 Å². The molecular weight excluding hydrogens is 940 g/mol. The SMILES string of the molecule is Cc1cc(C)c(-c2cc3c4c(c2)N(c2cc(C5CCCCC5)cc(C5CCCCC5)c2)c2cc(C5CCCCC5)ccc2B4c2ccc(C4CCCCC4)cc2N3c2cc(C3CCCCC3)cc(C3CCCCC3)c2)c(C)c1. The number of hydrogen-bond donors (Lipinski definition) is 0. The molecule has 78 heavy (non-hydrogen) atoms. The summed E-state index contributed by atoms with van der Waals surface area (Å²) >= 11 is 0. The van der Waals surface area contributed by atoms with Crippen LogP contribution < -0.4 is 26.2 Å². The van der Waals surface area contributed by atoms with Gasteiger partial charge >= 0.3 is 0 Å². The highest BCUT2D eigenvalue weighted by atomic mass is 15.2. The average Bonchev–Trinajstić information content (AvgIpc) is 2.75. The number of rotatable bonds is 9. The standard InChI is InChI=1S/C75H91BN2/c1-50-38-51(2)74(52(3)39-50)65-48-72-75-73(49-65)78(67-44-63(57-30-18-8-19-31-57)41-64(45-67)58-32-20-9-21-33-58)71-47-60(54-24-12-5-13-25-54)35-37-69(71)76(75)68-36-34-59(53-22-10-4-11-23-53)46-70(68)77(72)66-42-61(55-26-14-6-15-27-55)40-62(43-66)56-28-16-7-17-29-56/h34-49,53-58H,4-33H2,1-3H3. The summed E-state index contributed by atoms with van der Waals surface area (Å²) in [5.74, 6) is 3.81. The van der Waals surface area contributed by atoms with Gasteiger partial charge in [0, 0.05) is 34.1 Å². The van der Waals surface area contributed by atoms with Crippen molar-refractivity contribution in [1.82, 2.24) is 0 Å². The summed E-state index contributed by atoms with van der Waals surface area (Å²) in [5, 5.41) is 0. The summed E-state index contributed by atoms with van der Waals surface area (Å²) in [6.45, 7) is 7.21. The third-order valence-electron chi connectivity index (χ3n) is 22.0. The maximum Gasteiger partial charge on any atom is 0.252 e. The molecule has 0 spiro atoms. The average molecular weight is 1030 g/mol. The molecule has 6 saturated carbocycles. The van der Waals surface area contributed by atoms with Crippen molar-refractivity contribution in [1.29, 1.82) is 0 Å². The van der Waals surface area contributed by atoms with Crippen LogP contribution in [0.15, 0.2) is 97.1 Å². The van der Waals surface area contributed by atoms with Gasteiger partial charge in [0.15, 0.2) is 0 Å². The molecule has 0 radical (unpaired) electrons. The fraction of sp³-hybridized carbons (Fsp3) is 0.520. The van der Waals surface area contributed by atoms with Crippen molar-refractivity contribution in [3.05, 3.63) is 147 Å². The van der Waals surface area contributed by atoms with E-state index in [1.54, 1.807) is 33.4 Å². The minimum atomic E-state index is 0.126. The monoisotopic (exact) mass is 1030 g/mol. The fourth-order valence-corrected chi connectivity index (χ4v) is 18.0. The van der Waals surface area contributed by atoms with Crippen LogP contribution in [0.5, 0.6) is 0 Å². The Balaban J connectivity index is 1.07. The lowest BCUT2D eigenvalue weighted by molar-refractivity contribution is 0.435. The van der Waals surface area contributed by atoms with Crippen LogP contribution in [0, 0.1) is 20.8 Å². The first kappa shape index (κ1) is 51.2. The number of hydrogen-bond acceptors (Lipinski definition) is 2. The second-order valence-corrected chi connectivity index (χ2v) is 27.2. The van der Waals surface area contributed by atoms with E-state index in [1.165, 1.54) is 271 Å². The normalized spacial score (nSPS) is 21.1. The molecule has 3 heteroatoms. The Hall–Kier alpha value is -5.02. The Morgan fingerprint density at radius 3 is 0.936 bits per heavy atom. The molecule has 0 N–H and O–H groups in total. The van der Waals surface area contributed by atoms with E-state index >= 15 is 0 Å². The Morgan fingerprint density at radius 1 is 0.308 bits per heavy atom. The van der Waals surface area contributed by atoms with Crippen LogP contribution in [0.1, 0.15) is 278 Å². The summed E-state index contributed by atoms with van der Waals surface area (Å²) in [4.78, 5) is 5.78. The summed E-state index contributed by atoms with van der Waals surface area (Å²) in [5.41, 5.74) is 29.6. The zero-order valence-corrected chi connectivity index (χ0v) is 48.4. The molecule has 14 rings (SSSR count). The van der Waals surface area contributed by atoms with Crippen molar-refractivity contribution in [2.45, 2.75) is 249 Å². The van der Waals surface area contributed by atoms with E-state index < -0.39 is 0 Å². The Morgan fingerprint density at radius 2 is 0.615 bits per heavy atom. The van der Waals surface area contributed by atoms with Crippen LogP contribution in [-0.4, -0.2) is 6.71 Å². The summed E-state index contributed by atoms with van der Waals surface area (Å²) < 4.78 is 0. The smallest absolute Gasteiger partial charge is 0.252 e. The third kappa shape index (κ3) is 9.73. The molecule has 6 aromatic rings. The minimum Gasteiger partial charge on any atom is -0.311 e. The second kappa shape index (κ2) is 22.1. The zero-order valence-electron chi connectivity index (χ0n) is 48.4. The van der Waals surface area contributed by atoms with Crippen molar-refractivity contribution in [3.8, 4) is 11.1 Å². The molecular formula is C75H91BN2. The van der Waals surface area contributed by atoms with Crippen LogP contribution in [-0.2, 0) is 0 Å². The predicted molar refractivity (Wildman–Crippen MR) is 335 cm³/mol. The van der Waals surface area contributed by atoms with Gasteiger partial charge in [0.25, 0.3) is 6.71 Å². The lowest BCUT2D eigenvalue weighted by atomic mass is 9.33. The summed E-state index contributed by atoms with van der Waals surface area (Å²) in [6, 6.07) is 42.8. The molecule has 0 amide bonds. The van der Waals surface area contributed by atoms with Crippen molar-refractivity contribution < 1.29 is 0 Å². The van der Waals surface area contributed by atoms with Crippen LogP contribution in [0.2, 0.25) is 0 Å². The molecule has 2 aliphatic heterocycles. The van der Waals surface area contributed by atoms with Crippen molar-refractivity contribution in [2.75, 3.05) is 9.80 Å². The number of fused-ring (bicyclic) bond motifs is 4. The van der Waals surface area contributed by atoms with Gasteiger partial charge < -0.3 is 9.80 Å². The van der Waals surface area contributed by atoms with Crippen molar-refractivity contribution >= 4 is 57.2 Å². The van der Waals surface area contributed by atoms with E-state index in [4.69, 9.17) is 0 Å². The van der Waals surface area contributed by atoms with Crippen molar-refractivity contribution in [2.24, 2.45) is 0 Å². The highest BCUT2D eigenvalue weighted by molar-refractivity contribution is 7.00. The van der Waals surface area contributed by atoms with Crippen LogP contribution in [0.3, 0.4) is 0 Å². The first-order valence-electron chi connectivity index (χ1n) is 32.8. The van der Waals surface area contributed by atoms with E-state index in [0.29, 0.717) is 35.5 Å². The van der Waals surface area contributed by atoms with E-state index in [0.717, 1.165) is 0 Å². The second-order valence-electron chi connectivity index (χ2n) is 27.2. The van der Waals surface area contributed by atoms with Crippen LogP contribution in [0.25, 0.3) is 11.1 Å². The van der Waals surface area contributed by atoms with Gasteiger partial charge in [-0.05, 0) is 254 Å². The van der Waals surface area contributed by atoms with E-state index in [9.17, 15) is 0 Å². The number of benzene rings is 6. The molecule has 2 nitrogen and oxygen atoms in total. The molecule has 0 unspecified atom stereocenters. The quantitative estimate of drug-likeness (QED) is 0.133. The van der Waals surface area contributed by atoms with Gasteiger partial charge in [-0.25, -0.2) is 0 Å². The van der Waals surface area contributed by atoms with E-state index in [1.807, 2.05) is 0 Å². The van der Waals surface area contributed by atoms with Gasteiger partial charge in [0.05, 0.1) is 0 Å². The highest BCUT2D eigenvalue weighted by Gasteiger charge is 2.45. The number of aryl methyl sites for hydroxylation is 3. The van der Waals surface area contributed by atoms with Gasteiger partial charge in [-0.15, -0.1) is 0 Å². The van der Waals surface area contributed by atoms with Gasteiger partial charge in [-0.2, -0.15) is 0 Å². The largest absolute Gasteiger partial charge is 0.311 e. The van der Waals surface area contributed by atoms with E-state index in [-0.39, 0.29) is 6.71 Å². The van der Waals surface area contributed by atoms with Crippen molar-refractivity contribution in [3.63, 3.8) is 0 Å². The fourth-order valence-electron chi connectivity index (χ4n) is 18.0. The topological polar surface area (TPSA) is 6.48 Å². The highest BCUT2D eigenvalue weighted by Crippen LogP contribution is 2.52. The molecule has 2 heterocycles. The third-order valence-corrected chi connectivity index (χ3v) is 22.0. The molecule has 0 atom stereocenters. The maximum absolute atomic E-state index is 2.89. The predicted octanol–water partition coefficient (Wildman–Crippen LogP) is 20.6. The number of anilines is 6. The summed E-state index contributed by atoms with van der Waals surface area (Å²) in [7, 11) is 0. The Bertz CT molecular complexity index is 2870.